The summed E-state index contributed by atoms with van der Waals surface area (Å²) in [4.78, 5) is 28.7. The molecule has 1 fully saturated rings. The maximum absolute atomic E-state index is 14.8. The number of rotatable bonds is 9. The van der Waals surface area contributed by atoms with E-state index in [1.807, 2.05) is 0 Å². The molecule has 1 aliphatic rings. The Bertz CT molecular complexity index is 1220. The van der Waals surface area contributed by atoms with Crippen molar-refractivity contribution in [3.05, 3.63) is 56.3 Å². The van der Waals surface area contributed by atoms with Crippen LogP contribution in [0.25, 0.3) is 5.57 Å². The SMILES string of the molecule is CNCCN(C)C(=O)c1ccc(N2CCC(NS(=O)(=O)C=C(C)c3ccc(Cl)s3)C2=O)c(F)c1. The van der Waals surface area contributed by atoms with Crippen LogP contribution in [-0.4, -0.2) is 64.9 Å². The zero-order chi connectivity index (χ0) is 25.0. The number of amides is 2. The second kappa shape index (κ2) is 11.0. The van der Waals surface area contributed by atoms with Gasteiger partial charge in [0.2, 0.25) is 15.9 Å². The van der Waals surface area contributed by atoms with Crippen LogP contribution in [0.2, 0.25) is 4.34 Å². The summed E-state index contributed by atoms with van der Waals surface area (Å²) >= 11 is 7.15. The predicted molar refractivity (Wildman–Crippen MR) is 133 cm³/mol. The molecule has 1 saturated heterocycles. The van der Waals surface area contributed by atoms with Crippen molar-refractivity contribution in [3.63, 3.8) is 0 Å². The third kappa shape index (κ3) is 6.22. The minimum atomic E-state index is -3.93. The Labute approximate surface area is 207 Å². The van der Waals surface area contributed by atoms with Crippen molar-refractivity contribution in [2.45, 2.75) is 19.4 Å². The highest BCUT2D eigenvalue weighted by Crippen LogP contribution is 2.29. The topological polar surface area (TPSA) is 98.8 Å². The summed E-state index contributed by atoms with van der Waals surface area (Å²) in [5.74, 6) is -1.62. The Morgan fingerprint density at radius 1 is 1.35 bits per heavy atom. The normalized spacial score (nSPS) is 16.9. The average Bonchev–Trinajstić information content (AvgIpc) is 3.37. The number of nitrogens with one attached hydrogen (secondary N) is 2. The molecule has 2 amide bonds. The molecular weight excluding hydrogens is 503 g/mol. The molecule has 1 atom stereocenters. The van der Waals surface area contributed by atoms with Crippen molar-refractivity contribution in [3.8, 4) is 0 Å². The van der Waals surface area contributed by atoms with Crippen LogP contribution in [0.1, 0.15) is 28.6 Å². The van der Waals surface area contributed by atoms with E-state index in [0.29, 0.717) is 27.9 Å². The first-order chi connectivity index (χ1) is 16.0. The minimum absolute atomic E-state index is 0.000996. The zero-order valence-corrected chi connectivity index (χ0v) is 21.4. The molecule has 0 spiro atoms. The first-order valence-corrected chi connectivity index (χ1v) is 13.2. The monoisotopic (exact) mass is 528 g/mol. The number of carbonyl (C=O) groups is 2. The molecular formula is C22H26ClFN4O4S2. The zero-order valence-electron chi connectivity index (χ0n) is 19.0. The molecule has 8 nitrogen and oxygen atoms in total. The van der Waals surface area contributed by atoms with E-state index in [2.05, 4.69) is 10.0 Å². The molecule has 0 saturated carbocycles. The molecule has 2 heterocycles. The van der Waals surface area contributed by atoms with E-state index >= 15 is 0 Å². The molecule has 3 rings (SSSR count). The first kappa shape index (κ1) is 26.3. The number of carbonyl (C=O) groups excluding carboxylic acids is 2. The number of halogens is 2. The van der Waals surface area contributed by atoms with Crippen molar-refractivity contribution >= 4 is 56.0 Å². The van der Waals surface area contributed by atoms with Crippen LogP contribution < -0.4 is 14.9 Å². The Morgan fingerprint density at radius 2 is 2.09 bits per heavy atom. The Morgan fingerprint density at radius 3 is 2.71 bits per heavy atom. The second-order valence-corrected chi connectivity index (χ2v) is 11.2. The van der Waals surface area contributed by atoms with Gasteiger partial charge in [0.15, 0.2) is 0 Å². The van der Waals surface area contributed by atoms with Crippen LogP contribution in [0.15, 0.2) is 35.7 Å². The van der Waals surface area contributed by atoms with Gasteiger partial charge in [-0.05, 0) is 56.3 Å². The molecule has 2 aromatic rings. The maximum atomic E-state index is 14.8. The van der Waals surface area contributed by atoms with Crippen molar-refractivity contribution < 1.29 is 22.4 Å². The van der Waals surface area contributed by atoms with Gasteiger partial charge in [0, 0.05) is 37.1 Å². The molecule has 1 aliphatic heterocycles. The van der Waals surface area contributed by atoms with Crippen LogP contribution in [0.3, 0.4) is 0 Å². The van der Waals surface area contributed by atoms with Crippen LogP contribution in [0.5, 0.6) is 0 Å². The highest BCUT2D eigenvalue weighted by atomic mass is 35.5. The Balaban J connectivity index is 1.70. The van der Waals surface area contributed by atoms with Gasteiger partial charge >= 0.3 is 0 Å². The predicted octanol–water partition coefficient (Wildman–Crippen LogP) is 2.92. The molecule has 12 heteroatoms. The summed E-state index contributed by atoms with van der Waals surface area (Å²) in [5, 5.41) is 3.99. The molecule has 1 unspecified atom stereocenters. The first-order valence-electron chi connectivity index (χ1n) is 10.5. The van der Waals surface area contributed by atoms with Gasteiger partial charge in [-0.1, -0.05) is 11.6 Å². The van der Waals surface area contributed by atoms with Crippen molar-refractivity contribution in [1.29, 1.82) is 0 Å². The fourth-order valence-electron chi connectivity index (χ4n) is 3.54. The molecule has 0 aliphatic carbocycles. The lowest BCUT2D eigenvalue weighted by Crippen LogP contribution is -2.41. The van der Waals surface area contributed by atoms with Gasteiger partial charge in [-0.2, -0.15) is 4.72 Å². The average molecular weight is 529 g/mol. The van der Waals surface area contributed by atoms with Crippen molar-refractivity contribution in [2.75, 3.05) is 38.6 Å². The summed E-state index contributed by atoms with van der Waals surface area (Å²) in [7, 11) is -0.543. The number of allylic oxidation sites excluding steroid dienone is 1. The molecule has 0 bridgehead atoms. The summed E-state index contributed by atoms with van der Waals surface area (Å²) in [5.41, 5.74) is 0.650. The van der Waals surface area contributed by atoms with Gasteiger partial charge in [0.1, 0.15) is 11.9 Å². The number of hydrogen-bond acceptors (Lipinski definition) is 6. The van der Waals surface area contributed by atoms with Crippen LogP contribution >= 0.6 is 22.9 Å². The van der Waals surface area contributed by atoms with E-state index in [4.69, 9.17) is 11.6 Å². The molecule has 1 aromatic heterocycles. The summed E-state index contributed by atoms with van der Waals surface area (Å²) < 4.78 is 42.9. The van der Waals surface area contributed by atoms with E-state index < -0.39 is 27.8 Å². The van der Waals surface area contributed by atoms with Gasteiger partial charge in [-0.3, -0.25) is 9.59 Å². The van der Waals surface area contributed by atoms with Gasteiger partial charge in [0.25, 0.3) is 5.91 Å². The fraction of sp³-hybridized carbons (Fsp3) is 0.364. The number of nitrogens with zero attached hydrogens (tertiary/aromatic N) is 2. The van der Waals surface area contributed by atoms with E-state index in [9.17, 15) is 22.4 Å². The highest BCUT2D eigenvalue weighted by Gasteiger charge is 2.36. The number of likely N-dealkylation sites (N-methyl/N-ethyl adjacent to an activating group) is 2. The van der Waals surface area contributed by atoms with E-state index in [-0.39, 0.29) is 30.1 Å². The van der Waals surface area contributed by atoms with Crippen molar-refractivity contribution in [1.82, 2.24) is 14.9 Å². The number of benzene rings is 1. The fourth-order valence-corrected chi connectivity index (χ4v) is 5.90. The highest BCUT2D eigenvalue weighted by molar-refractivity contribution is 7.92. The molecule has 184 valence electrons. The van der Waals surface area contributed by atoms with Crippen LogP contribution in [0, 0.1) is 5.82 Å². The number of hydrogen-bond donors (Lipinski definition) is 2. The van der Waals surface area contributed by atoms with Crippen LogP contribution in [-0.2, 0) is 14.8 Å². The molecule has 34 heavy (non-hydrogen) atoms. The van der Waals surface area contributed by atoms with Gasteiger partial charge < -0.3 is 15.1 Å². The maximum Gasteiger partial charge on any atom is 0.253 e. The molecule has 0 radical (unpaired) electrons. The van der Waals surface area contributed by atoms with E-state index in [1.165, 1.54) is 33.3 Å². The van der Waals surface area contributed by atoms with Crippen molar-refractivity contribution in [2.24, 2.45) is 0 Å². The van der Waals surface area contributed by atoms with Gasteiger partial charge in [-0.25, -0.2) is 12.8 Å². The second-order valence-electron chi connectivity index (χ2n) is 7.90. The summed E-state index contributed by atoms with van der Waals surface area (Å²) in [6, 6.07) is 6.29. The third-order valence-corrected chi connectivity index (χ3v) is 7.98. The summed E-state index contributed by atoms with van der Waals surface area (Å²) in [6.45, 7) is 2.83. The van der Waals surface area contributed by atoms with E-state index in [1.54, 1.807) is 33.2 Å². The van der Waals surface area contributed by atoms with Crippen LogP contribution in [0.4, 0.5) is 10.1 Å². The standard InChI is InChI=1S/C22H26ClFN4O4S2/c1-14(19-6-7-20(23)33-19)13-34(31,32)26-17-8-10-28(22(17)30)18-5-4-15(12-16(18)24)21(29)27(3)11-9-25-2/h4-7,12-13,17,25-26H,8-11H2,1-3H3. The quantitative estimate of drug-likeness (QED) is 0.521. The lowest BCUT2D eigenvalue weighted by atomic mass is 10.1. The lowest BCUT2D eigenvalue weighted by molar-refractivity contribution is -0.118. The number of anilines is 1. The molecule has 1 aromatic carbocycles. The third-order valence-electron chi connectivity index (χ3n) is 5.34. The largest absolute Gasteiger partial charge is 0.340 e. The van der Waals surface area contributed by atoms with Gasteiger partial charge in [-0.15, -0.1) is 11.3 Å². The Hall–Kier alpha value is -2.31. The number of sulfonamides is 1. The Kier molecular flexibility index (Phi) is 8.47. The lowest BCUT2D eigenvalue weighted by Gasteiger charge is -2.20. The molecule has 2 N–H and O–H groups in total. The minimum Gasteiger partial charge on any atom is -0.340 e. The van der Waals surface area contributed by atoms with Gasteiger partial charge in [0.05, 0.1) is 15.4 Å². The van der Waals surface area contributed by atoms with E-state index in [0.717, 1.165) is 11.5 Å². The number of thiophene rings is 1. The smallest absolute Gasteiger partial charge is 0.253 e. The summed E-state index contributed by atoms with van der Waals surface area (Å²) in [6.07, 6.45) is 0.183.